The van der Waals surface area contributed by atoms with Crippen LogP contribution in [0.5, 0.6) is 0 Å². The number of hydrogen-bond donors (Lipinski definition) is 3. The Morgan fingerprint density at radius 2 is 1.00 bits per heavy atom. The van der Waals surface area contributed by atoms with Crippen LogP contribution in [0.4, 0.5) is 9.59 Å². The van der Waals surface area contributed by atoms with E-state index in [2.05, 4.69) is 10.6 Å². The number of nitrogens with zero attached hydrogens (tertiary/aromatic N) is 2. The molecule has 0 aliphatic rings. The molecule has 2 aromatic carbocycles. The van der Waals surface area contributed by atoms with Gasteiger partial charge in [-0.05, 0) is 23.0 Å². The van der Waals surface area contributed by atoms with Crippen molar-refractivity contribution in [2.75, 3.05) is 27.3 Å². The van der Waals surface area contributed by atoms with Crippen molar-refractivity contribution in [1.29, 1.82) is 0 Å². The Kier molecular flexibility index (Phi) is 13.8. The van der Waals surface area contributed by atoms with Crippen LogP contribution in [0.25, 0.3) is 0 Å². The number of benzene rings is 2. The van der Waals surface area contributed by atoms with E-state index >= 15 is 0 Å². The lowest BCUT2D eigenvalue weighted by atomic mass is 10.0. The van der Waals surface area contributed by atoms with Crippen LogP contribution < -0.4 is 10.6 Å². The summed E-state index contributed by atoms with van der Waals surface area (Å²) < 4.78 is 9.71. The van der Waals surface area contributed by atoms with Crippen LogP contribution in [0.3, 0.4) is 0 Å². The van der Waals surface area contributed by atoms with Gasteiger partial charge >= 0.3 is 24.0 Å². The lowest BCUT2D eigenvalue weighted by Crippen LogP contribution is -2.54. The van der Waals surface area contributed by atoms with Crippen LogP contribution in [0.15, 0.2) is 60.7 Å². The van der Waals surface area contributed by atoms with E-state index in [-0.39, 0.29) is 38.0 Å². The van der Waals surface area contributed by atoms with E-state index in [4.69, 9.17) is 9.47 Å². The smallest absolute Gasteiger partial charge is 0.328 e. The first-order valence-electron chi connectivity index (χ1n) is 14.0. The summed E-state index contributed by atoms with van der Waals surface area (Å²) in [7, 11) is 2.51. The van der Waals surface area contributed by atoms with E-state index < -0.39 is 42.2 Å². The number of methoxy groups -OCH3 is 2. The second kappa shape index (κ2) is 17.0. The molecule has 0 bridgehead atoms. The Morgan fingerprint density at radius 1 is 0.667 bits per heavy atom. The van der Waals surface area contributed by atoms with Gasteiger partial charge in [0.1, 0.15) is 12.1 Å². The first kappa shape index (κ1) is 34.1. The zero-order valence-corrected chi connectivity index (χ0v) is 25.3. The molecule has 11 heteroatoms. The first-order chi connectivity index (χ1) is 20.0. The molecule has 2 atom stereocenters. The van der Waals surface area contributed by atoms with E-state index in [1.807, 2.05) is 60.7 Å². The lowest BCUT2D eigenvalue weighted by molar-refractivity contribution is -0.144. The maximum Gasteiger partial charge on any atom is 0.328 e. The third kappa shape index (κ3) is 10.7. The number of aliphatic hydroxyl groups is 1. The van der Waals surface area contributed by atoms with Gasteiger partial charge in [-0.2, -0.15) is 0 Å². The summed E-state index contributed by atoms with van der Waals surface area (Å²) in [4.78, 5) is 54.2. The van der Waals surface area contributed by atoms with Gasteiger partial charge in [0.05, 0.1) is 33.4 Å². The number of nitrogens with one attached hydrogen (secondary N) is 2. The second-order valence-corrected chi connectivity index (χ2v) is 10.8. The number of carbonyl (C=O) groups excluding carboxylic acids is 4. The quantitative estimate of drug-likeness (QED) is 0.290. The number of ether oxygens (including phenoxy) is 2. The normalized spacial score (nSPS) is 12.4. The highest BCUT2D eigenvalue weighted by molar-refractivity contribution is 5.84. The van der Waals surface area contributed by atoms with E-state index in [1.165, 1.54) is 24.0 Å². The predicted molar refractivity (Wildman–Crippen MR) is 158 cm³/mol. The minimum atomic E-state index is -1.17. The summed E-state index contributed by atoms with van der Waals surface area (Å²) in [6, 6.07) is 15.6. The predicted octanol–water partition coefficient (Wildman–Crippen LogP) is 3.17. The minimum Gasteiger partial charge on any atom is -0.467 e. The van der Waals surface area contributed by atoms with Crippen molar-refractivity contribution in [2.24, 2.45) is 11.8 Å². The van der Waals surface area contributed by atoms with E-state index in [9.17, 15) is 24.3 Å². The van der Waals surface area contributed by atoms with Crippen molar-refractivity contribution >= 4 is 24.0 Å². The number of aliphatic hydroxyl groups excluding tert-OH is 1. The van der Waals surface area contributed by atoms with Crippen LogP contribution in [0.2, 0.25) is 0 Å². The maximum absolute atomic E-state index is 13.4. The van der Waals surface area contributed by atoms with Crippen LogP contribution in [0, 0.1) is 11.8 Å². The van der Waals surface area contributed by atoms with Crippen molar-refractivity contribution in [3.63, 3.8) is 0 Å². The molecule has 0 saturated carbocycles. The van der Waals surface area contributed by atoms with Gasteiger partial charge in [0.2, 0.25) is 0 Å². The molecule has 2 aromatic rings. The van der Waals surface area contributed by atoms with Crippen LogP contribution in [-0.4, -0.2) is 84.4 Å². The highest BCUT2D eigenvalue weighted by Crippen LogP contribution is 2.12. The molecule has 0 saturated heterocycles. The Bertz CT molecular complexity index is 1050. The maximum atomic E-state index is 13.4. The summed E-state index contributed by atoms with van der Waals surface area (Å²) in [5, 5.41) is 16.7. The van der Waals surface area contributed by atoms with Crippen LogP contribution >= 0.6 is 0 Å². The van der Waals surface area contributed by atoms with E-state index in [0.717, 1.165) is 11.1 Å². The number of urea groups is 2. The van der Waals surface area contributed by atoms with Gasteiger partial charge in [-0.1, -0.05) is 88.4 Å². The Labute approximate surface area is 248 Å². The molecule has 0 fully saturated rings. The molecule has 11 nitrogen and oxygen atoms in total. The molecular formula is C31H44N4O7. The monoisotopic (exact) mass is 584 g/mol. The van der Waals surface area contributed by atoms with E-state index in [0.29, 0.717) is 0 Å². The largest absolute Gasteiger partial charge is 0.467 e. The number of esters is 2. The van der Waals surface area contributed by atoms with Gasteiger partial charge in [-0.25, -0.2) is 19.2 Å². The number of carbonyl (C=O) groups is 4. The lowest BCUT2D eigenvalue weighted by Gasteiger charge is -2.32. The third-order valence-corrected chi connectivity index (χ3v) is 6.67. The van der Waals surface area contributed by atoms with Crippen LogP contribution in [0.1, 0.15) is 38.8 Å². The zero-order chi connectivity index (χ0) is 31.2. The summed E-state index contributed by atoms with van der Waals surface area (Å²) in [6.45, 7) is 7.17. The summed E-state index contributed by atoms with van der Waals surface area (Å²) >= 11 is 0. The highest BCUT2D eigenvalue weighted by atomic mass is 16.5. The molecule has 0 aromatic heterocycles. The van der Waals surface area contributed by atoms with Gasteiger partial charge in [0.25, 0.3) is 0 Å². The standard InChI is InChI=1S/C31H44N4O7/c1-21(2)26(28(37)41-5)32-30(39)34(17-23-13-9-7-10-14-23)19-25(36)20-35(18-24-15-11-8-12-16-24)31(40)33-27(22(3)4)29(38)42-6/h7-16,21-22,25-27,36H,17-20H2,1-6H3,(H,32,39)(H,33,40)/t26-,27-/m1/s1. The molecule has 0 unspecified atom stereocenters. The van der Waals surface area contributed by atoms with Gasteiger partial charge < -0.3 is 35.0 Å². The Morgan fingerprint density at radius 3 is 1.29 bits per heavy atom. The average Bonchev–Trinajstić information content (AvgIpc) is 2.97. The fourth-order valence-electron chi connectivity index (χ4n) is 4.31. The summed E-state index contributed by atoms with van der Waals surface area (Å²) in [5.41, 5.74) is 1.63. The first-order valence-corrected chi connectivity index (χ1v) is 14.0. The van der Waals surface area contributed by atoms with Crippen molar-refractivity contribution in [3.8, 4) is 0 Å². The molecule has 0 aliphatic carbocycles. The SMILES string of the molecule is COC(=O)[C@H](NC(=O)N(Cc1ccccc1)CC(O)CN(Cc1ccccc1)C(=O)N[C@@H](C(=O)OC)C(C)C)C(C)C. The third-order valence-electron chi connectivity index (χ3n) is 6.67. The zero-order valence-electron chi connectivity index (χ0n) is 25.3. The molecule has 0 radical (unpaired) electrons. The molecule has 0 spiro atoms. The van der Waals surface area contributed by atoms with Crippen LogP contribution in [-0.2, 0) is 32.2 Å². The Balaban J connectivity index is 2.29. The van der Waals surface area contributed by atoms with E-state index in [1.54, 1.807) is 27.7 Å². The highest BCUT2D eigenvalue weighted by Gasteiger charge is 2.31. The van der Waals surface area contributed by atoms with Gasteiger partial charge in [-0.15, -0.1) is 0 Å². The fourth-order valence-corrected chi connectivity index (χ4v) is 4.31. The molecule has 42 heavy (non-hydrogen) atoms. The van der Waals surface area contributed by atoms with Crippen molar-refractivity contribution in [3.05, 3.63) is 71.8 Å². The summed E-state index contributed by atoms with van der Waals surface area (Å²) in [5.74, 6) is -1.62. The number of hydrogen-bond acceptors (Lipinski definition) is 7. The number of amides is 4. The molecular weight excluding hydrogens is 540 g/mol. The average molecular weight is 585 g/mol. The Hall–Kier alpha value is -4.12. The van der Waals surface area contributed by atoms with Crippen molar-refractivity contribution < 1.29 is 33.8 Å². The minimum absolute atomic E-state index is 0.143. The molecule has 0 heterocycles. The van der Waals surface area contributed by atoms with Gasteiger partial charge in [0.15, 0.2) is 0 Å². The van der Waals surface area contributed by atoms with Crippen molar-refractivity contribution in [1.82, 2.24) is 20.4 Å². The molecule has 3 N–H and O–H groups in total. The number of rotatable bonds is 14. The second-order valence-electron chi connectivity index (χ2n) is 10.8. The summed E-state index contributed by atoms with van der Waals surface area (Å²) in [6.07, 6.45) is -1.17. The van der Waals surface area contributed by atoms with Gasteiger partial charge in [0, 0.05) is 13.1 Å². The molecule has 0 aliphatic heterocycles. The molecule has 230 valence electrons. The fraction of sp³-hybridized carbons (Fsp3) is 0.484. The van der Waals surface area contributed by atoms with Gasteiger partial charge in [-0.3, -0.25) is 0 Å². The molecule has 2 rings (SSSR count). The topological polar surface area (TPSA) is 138 Å². The molecule has 4 amide bonds. The van der Waals surface area contributed by atoms with Crippen molar-refractivity contribution in [2.45, 2.75) is 59.0 Å².